The third kappa shape index (κ3) is 3.79. The topological polar surface area (TPSA) is 81.1 Å². The summed E-state index contributed by atoms with van der Waals surface area (Å²) in [4.78, 5) is 30.0. The van der Waals surface area contributed by atoms with Crippen LogP contribution in [0.25, 0.3) is 0 Å². The zero-order chi connectivity index (χ0) is 20.8. The fraction of sp³-hybridized carbons (Fsp3) is 0.364. The maximum absolute atomic E-state index is 13.2. The summed E-state index contributed by atoms with van der Waals surface area (Å²) in [6, 6.07) is 10.4. The lowest BCUT2D eigenvalue weighted by Crippen LogP contribution is -2.30. The number of carbonyl (C=O) groups is 2. The van der Waals surface area contributed by atoms with Gasteiger partial charge in [-0.3, -0.25) is 9.59 Å². The monoisotopic (exact) mass is 384 g/mol. The molecule has 0 bridgehead atoms. The second kappa shape index (κ2) is 9.48. The number of hydrogen-bond acceptors (Lipinski definition) is 6. The van der Waals surface area contributed by atoms with Crippen LogP contribution in [0.15, 0.2) is 36.4 Å². The highest BCUT2D eigenvalue weighted by molar-refractivity contribution is 6.31. The number of aliphatic hydroxyl groups is 2. The van der Waals surface area contributed by atoms with Gasteiger partial charge >= 0.3 is 0 Å². The van der Waals surface area contributed by atoms with Gasteiger partial charge in [0.15, 0.2) is 11.6 Å². The predicted octanol–water partition coefficient (Wildman–Crippen LogP) is 2.35. The molecular formula is C22H28N2O4. The average Bonchev–Trinajstić information content (AvgIpc) is 2.72. The van der Waals surface area contributed by atoms with Crippen molar-refractivity contribution in [2.75, 3.05) is 50.2 Å². The number of benzene rings is 2. The van der Waals surface area contributed by atoms with Gasteiger partial charge in [-0.15, -0.1) is 0 Å². The molecule has 28 heavy (non-hydrogen) atoms. The lowest BCUT2D eigenvalue weighted by molar-refractivity contribution is 0.0979. The molecule has 1 aliphatic carbocycles. The van der Waals surface area contributed by atoms with Gasteiger partial charge in [0.2, 0.25) is 0 Å². The highest BCUT2D eigenvalue weighted by atomic mass is 16.3. The molecule has 0 atom stereocenters. The number of likely N-dealkylation sites (N-methyl/N-ethyl adjacent to an activating group) is 2. The lowest BCUT2D eigenvalue weighted by Gasteiger charge is -2.28. The molecule has 0 heterocycles. The molecule has 150 valence electrons. The van der Waals surface area contributed by atoms with Crippen LogP contribution in [0.1, 0.15) is 45.7 Å². The first-order chi connectivity index (χ1) is 13.5. The van der Waals surface area contributed by atoms with Gasteiger partial charge in [0, 0.05) is 49.7 Å². The average molecular weight is 384 g/mol. The third-order valence-electron chi connectivity index (χ3n) is 4.72. The van der Waals surface area contributed by atoms with E-state index in [0.717, 1.165) is 0 Å². The van der Waals surface area contributed by atoms with Crippen LogP contribution in [-0.2, 0) is 0 Å². The standard InChI is InChI=1S/C20H22N2O4.C2H6/c1-21(9-11-23)15-7-3-5-13-17(15)19(25)14-6-4-8-16(18(14)20(13)26)22(2)10-12-24;1-2/h3-8,23-24H,9-12H2,1-2H3;1-2H3. The number of anilines is 2. The summed E-state index contributed by atoms with van der Waals surface area (Å²) in [6.45, 7) is 4.64. The van der Waals surface area contributed by atoms with E-state index in [-0.39, 0.29) is 24.8 Å². The number of hydrogen-bond donors (Lipinski definition) is 2. The Bertz CT molecular complexity index is 792. The summed E-state index contributed by atoms with van der Waals surface area (Å²) in [6.07, 6.45) is 0. The van der Waals surface area contributed by atoms with Crippen molar-refractivity contribution in [2.24, 2.45) is 0 Å². The highest BCUT2D eigenvalue weighted by Gasteiger charge is 2.34. The van der Waals surface area contributed by atoms with Gasteiger partial charge in [0.25, 0.3) is 0 Å². The minimum Gasteiger partial charge on any atom is -0.395 e. The molecule has 2 N–H and O–H groups in total. The molecular weight excluding hydrogens is 356 g/mol. The number of nitrogens with zero attached hydrogens (tertiary/aromatic N) is 2. The molecule has 0 fully saturated rings. The maximum atomic E-state index is 13.2. The Hall–Kier alpha value is -2.70. The van der Waals surface area contributed by atoms with E-state index in [9.17, 15) is 19.8 Å². The fourth-order valence-electron chi connectivity index (χ4n) is 3.38. The Kier molecular flexibility index (Phi) is 7.31. The Balaban J connectivity index is 0.00000136. The second-order valence-corrected chi connectivity index (χ2v) is 6.35. The Morgan fingerprint density at radius 2 is 1.07 bits per heavy atom. The van der Waals surface area contributed by atoms with E-state index in [4.69, 9.17) is 0 Å². The van der Waals surface area contributed by atoms with Crippen LogP contribution >= 0.6 is 0 Å². The zero-order valence-corrected chi connectivity index (χ0v) is 16.9. The van der Waals surface area contributed by atoms with E-state index in [1.807, 2.05) is 13.8 Å². The molecule has 0 aliphatic heterocycles. The molecule has 2 aromatic rings. The lowest BCUT2D eigenvalue weighted by atomic mass is 9.82. The summed E-state index contributed by atoms with van der Waals surface area (Å²) < 4.78 is 0. The summed E-state index contributed by atoms with van der Waals surface area (Å²) >= 11 is 0. The smallest absolute Gasteiger partial charge is 0.196 e. The summed E-state index contributed by atoms with van der Waals surface area (Å²) in [5.41, 5.74) is 2.76. The van der Waals surface area contributed by atoms with Crippen LogP contribution in [0.5, 0.6) is 0 Å². The summed E-state index contributed by atoms with van der Waals surface area (Å²) in [5, 5.41) is 18.4. The molecule has 0 radical (unpaired) electrons. The van der Waals surface area contributed by atoms with Crippen LogP contribution in [0.2, 0.25) is 0 Å². The highest BCUT2D eigenvalue weighted by Crippen LogP contribution is 2.37. The van der Waals surface area contributed by atoms with E-state index >= 15 is 0 Å². The minimum atomic E-state index is -0.200. The molecule has 2 aromatic carbocycles. The van der Waals surface area contributed by atoms with Crippen LogP contribution in [0.3, 0.4) is 0 Å². The van der Waals surface area contributed by atoms with Crippen LogP contribution in [0.4, 0.5) is 11.4 Å². The number of carbonyl (C=O) groups excluding carboxylic acids is 2. The first kappa shape index (κ1) is 21.6. The van der Waals surface area contributed by atoms with Crippen molar-refractivity contribution in [3.63, 3.8) is 0 Å². The summed E-state index contributed by atoms with van der Waals surface area (Å²) in [7, 11) is 3.56. The zero-order valence-electron chi connectivity index (χ0n) is 16.9. The van der Waals surface area contributed by atoms with Crippen LogP contribution in [0, 0.1) is 0 Å². The molecule has 0 saturated heterocycles. The fourth-order valence-corrected chi connectivity index (χ4v) is 3.38. The number of rotatable bonds is 6. The molecule has 0 unspecified atom stereocenters. The van der Waals surface area contributed by atoms with Crippen LogP contribution in [-0.4, -0.2) is 62.2 Å². The van der Waals surface area contributed by atoms with Crippen molar-refractivity contribution in [1.82, 2.24) is 0 Å². The quantitative estimate of drug-likeness (QED) is 0.679. The molecule has 6 heteroatoms. The van der Waals surface area contributed by atoms with Crippen molar-refractivity contribution in [2.45, 2.75) is 13.8 Å². The molecule has 0 saturated carbocycles. The van der Waals surface area contributed by atoms with Crippen molar-refractivity contribution in [3.05, 3.63) is 58.7 Å². The molecule has 6 nitrogen and oxygen atoms in total. The minimum absolute atomic E-state index is 0.0466. The van der Waals surface area contributed by atoms with Crippen molar-refractivity contribution >= 4 is 22.9 Å². The largest absolute Gasteiger partial charge is 0.395 e. The molecule has 0 amide bonds. The van der Waals surface area contributed by atoms with Gasteiger partial charge in [-0.25, -0.2) is 0 Å². The van der Waals surface area contributed by atoms with E-state index in [1.165, 1.54) is 0 Å². The van der Waals surface area contributed by atoms with Crippen molar-refractivity contribution in [3.8, 4) is 0 Å². The number of fused-ring (bicyclic) bond motifs is 2. The van der Waals surface area contributed by atoms with E-state index < -0.39 is 0 Å². The van der Waals surface area contributed by atoms with Crippen molar-refractivity contribution < 1.29 is 19.8 Å². The van der Waals surface area contributed by atoms with E-state index in [2.05, 4.69) is 0 Å². The van der Waals surface area contributed by atoms with Gasteiger partial charge < -0.3 is 20.0 Å². The second-order valence-electron chi connectivity index (χ2n) is 6.35. The van der Waals surface area contributed by atoms with E-state index in [0.29, 0.717) is 46.7 Å². The Labute approximate surface area is 166 Å². The Morgan fingerprint density at radius 3 is 1.39 bits per heavy atom. The maximum Gasteiger partial charge on any atom is 0.196 e. The van der Waals surface area contributed by atoms with Gasteiger partial charge in [0.05, 0.1) is 24.3 Å². The van der Waals surface area contributed by atoms with Crippen LogP contribution < -0.4 is 9.80 Å². The molecule has 0 spiro atoms. The Morgan fingerprint density at radius 1 is 0.714 bits per heavy atom. The molecule has 3 rings (SSSR count). The SMILES string of the molecule is CC.CN(CCO)c1cccc2c1C(=O)c1cccc(N(C)CCO)c1C2=O. The predicted molar refractivity (Wildman–Crippen MR) is 112 cm³/mol. The first-order valence-electron chi connectivity index (χ1n) is 9.50. The normalized spacial score (nSPS) is 11.9. The third-order valence-corrected chi connectivity index (χ3v) is 4.72. The first-order valence-corrected chi connectivity index (χ1v) is 9.50. The van der Waals surface area contributed by atoms with Gasteiger partial charge in [-0.2, -0.15) is 0 Å². The van der Waals surface area contributed by atoms with Crippen molar-refractivity contribution in [1.29, 1.82) is 0 Å². The van der Waals surface area contributed by atoms with Gasteiger partial charge in [-0.05, 0) is 12.1 Å². The summed E-state index contributed by atoms with van der Waals surface area (Å²) in [5.74, 6) is -0.400. The number of ketones is 2. The molecule has 1 aliphatic rings. The molecule has 0 aromatic heterocycles. The van der Waals surface area contributed by atoms with Gasteiger partial charge in [0.1, 0.15) is 0 Å². The van der Waals surface area contributed by atoms with Gasteiger partial charge in [-0.1, -0.05) is 38.1 Å². The van der Waals surface area contributed by atoms with E-state index in [1.54, 1.807) is 60.3 Å². The number of aliphatic hydroxyl groups excluding tert-OH is 2.